The predicted octanol–water partition coefficient (Wildman–Crippen LogP) is 2.94. The van der Waals surface area contributed by atoms with Crippen LogP contribution < -0.4 is 10.0 Å². The summed E-state index contributed by atoms with van der Waals surface area (Å²) in [7, 11) is -4.01. The largest absolute Gasteiger partial charge is 0.375 e. The van der Waals surface area contributed by atoms with Crippen molar-refractivity contribution in [1.29, 1.82) is 0 Å². The molecule has 0 bridgehead atoms. The van der Waals surface area contributed by atoms with Gasteiger partial charge in [0.1, 0.15) is 5.72 Å². The maximum absolute atomic E-state index is 12.5. The van der Waals surface area contributed by atoms with Crippen LogP contribution in [0.5, 0.6) is 0 Å². The maximum Gasteiger partial charge on any atom is 0.270 e. The van der Waals surface area contributed by atoms with E-state index < -0.39 is 28.1 Å². The van der Waals surface area contributed by atoms with Crippen molar-refractivity contribution in [3.63, 3.8) is 0 Å². The Hall–Kier alpha value is -1.52. The summed E-state index contributed by atoms with van der Waals surface area (Å²) in [5.41, 5.74) is 0.416. The molecule has 0 fully saturated rings. The molecule has 1 amide bonds. The molecule has 2 rings (SSSR count). The van der Waals surface area contributed by atoms with Gasteiger partial charge in [0.25, 0.3) is 10.0 Å². The first-order valence-electron chi connectivity index (χ1n) is 8.35. The molecule has 0 aliphatic carbocycles. The van der Waals surface area contributed by atoms with Gasteiger partial charge in [-0.1, -0.05) is 25.4 Å². The first kappa shape index (κ1) is 21.8. The number of halogens is 1. The molecule has 0 aliphatic rings. The van der Waals surface area contributed by atoms with E-state index in [1.807, 2.05) is 13.8 Å². The number of sulfonamides is 1. The summed E-state index contributed by atoms with van der Waals surface area (Å²) in [4.78, 5) is 16.2. The van der Waals surface area contributed by atoms with Crippen LogP contribution in [0.4, 0.5) is 5.69 Å². The number of aromatic nitrogens is 1. The average Bonchev–Trinajstić information content (AvgIpc) is 3.09. The molecule has 0 radical (unpaired) electrons. The molecule has 1 atom stereocenters. The molecule has 1 aromatic carbocycles. The van der Waals surface area contributed by atoms with Crippen molar-refractivity contribution in [3.8, 4) is 0 Å². The van der Waals surface area contributed by atoms with Gasteiger partial charge in [-0.2, -0.15) is 4.72 Å². The number of aryl methyl sites for hydroxylation is 2. The van der Waals surface area contributed by atoms with Gasteiger partial charge in [-0.15, -0.1) is 11.3 Å². The summed E-state index contributed by atoms with van der Waals surface area (Å²) in [6, 6.07) is 3.55. The van der Waals surface area contributed by atoms with Gasteiger partial charge >= 0.3 is 0 Å². The average molecular weight is 432 g/mol. The van der Waals surface area contributed by atoms with Crippen LogP contribution in [-0.4, -0.2) is 30.1 Å². The first-order chi connectivity index (χ1) is 12.6. The molecule has 3 N–H and O–H groups in total. The third-order valence-electron chi connectivity index (χ3n) is 3.79. The van der Waals surface area contributed by atoms with Crippen molar-refractivity contribution in [2.45, 2.75) is 50.1 Å². The normalized spacial score (nSPS) is 14.0. The Balaban J connectivity index is 2.15. The van der Waals surface area contributed by atoms with Gasteiger partial charge < -0.3 is 10.4 Å². The number of nitrogens with zero attached hydrogens (tertiary/aromatic N) is 1. The van der Waals surface area contributed by atoms with Crippen LogP contribution in [-0.2, 0) is 27.7 Å². The molecular weight excluding hydrogens is 410 g/mol. The lowest BCUT2D eigenvalue weighted by Crippen LogP contribution is -2.48. The molecule has 0 saturated carbocycles. The third-order valence-corrected chi connectivity index (χ3v) is 6.79. The van der Waals surface area contributed by atoms with E-state index >= 15 is 0 Å². The van der Waals surface area contributed by atoms with Crippen molar-refractivity contribution >= 4 is 44.6 Å². The fraction of sp³-hybridized carbons (Fsp3) is 0.412. The summed E-state index contributed by atoms with van der Waals surface area (Å²) < 4.78 is 26.4. The number of amides is 1. The minimum atomic E-state index is -4.01. The van der Waals surface area contributed by atoms with Crippen molar-refractivity contribution in [2.75, 3.05) is 5.32 Å². The van der Waals surface area contributed by atoms with Gasteiger partial charge in [0, 0.05) is 22.3 Å². The van der Waals surface area contributed by atoms with E-state index in [0.29, 0.717) is 23.6 Å². The first-order valence-corrected chi connectivity index (χ1v) is 11.1. The summed E-state index contributed by atoms with van der Waals surface area (Å²) in [5.74, 6) is -0.520. The molecule has 1 aromatic heterocycles. The second kappa shape index (κ2) is 8.66. The van der Waals surface area contributed by atoms with Crippen molar-refractivity contribution in [1.82, 2.24) is 9.71 Å². The lowest BCUT2D eigenvalue weighted by molar-refractivity contribution is -0.120. The van der Waals surface area contributed by atoms with Gasteiger partial charge in [0.05, 0.1) is 6.42 Å². The molecule has 1 heterocycles. The van der Waals surface area contributed by atoms with Crippen LogP contribution in [0.25, 0.3) is 0 Å². The zero-order chi connectivity index (χ0) is 20.2. The third kappa shape index (κ3) is 5.73. The summed E-state index contributed by atoms with van der Waals surface area (Å²) in [6.07, 6.45) is 2.21. The van der Waals surface area contributed by atoms with Crippen molar-refractivity contribution in [2.24, 2.45) is 0 Å². The van der Waals surface area contributed by atoms with E-state index in [4.69, 9.17) is 11.6 Å². The highest BCUT2D eigenvalue weighted by atomic mass is 35.5. The molecule has 0 spiro atoms. The van der Waals surface area contributed by atoms with Crippen molar-refractivity contribution in [3.05, 3.63) is 39.9 Å². The van der Waals surface area contributed by atoms with E-state index in [9.17, 15) is 18.3 Å². The predicted molar refractivity (Wildman–Crippen MR) is 107 cm³/mol. The number of hydrogen-bond donors (Lipinski definition) is 3. The highest BCUT2D eigenvalue weighted by Gasteiger charge is 2.32. The van der Waals surface area contributed by atoms with Crippen LogP contribution in [0.1, 0.15) is 38.3 Å². The number of benzene rings is 1. The number of carbonyl (C=O) groups excluding carboxylic acids is 1. The Labute approximate surface area is 167 Å². The van der Waals surface area contributed by atoms with E-state index in [0.717, 1.165) is 22.5 Å². The number of carbonyl (C=O) groups is 1. The summed E-state index contributed by atoms with van der Waals surface area (Å²) in [6.45, 7) is 5.11. The minimum Gasteiger partial charge on any atom is -0.375 e. The van der Waals surface area contributed by atoms with Crippen LogP contribution in [0, 0.1) is 0 Å². The molecule has 1 unspecified atom stereocenters. The molecule has 148 valence electrons. The van der Waals surface area contributed by atoms with Crippen LogP contribution in [0.3, 0.4) is 0 Å². The second-order valence-electron chi connectivity index (χ2n) is 6.21. The second-order valence-corrected chi connectivity index (χ2v) is 9.40. The summed E-state index contributed by atoms with van der Waals surface area (Å²) in [5, 5.41) is 15.3. The van der Waals surface area contributed by atoms with Gasteiger partial charge in [-0.25, -0.2) is 13.4 Å². The van der Waals surface area contributed by atoms with E-state index in [1.165, 1.54) is 18.5 Å². The number of anilines is 1. The van der Waals surface area contributed by atoms with E-state index in [-0.39, 0.29) is 4.34 Å². The zero-order valence-corrected chi connectivity index (χ0v) is 17.6. The van der Waals surface area contributed by atoms with Gasteiger partial charge in [0.2, 0.25) is 10.2 Å². The van der Waals surface area contributed by atoms with Gasteiger partial charge in [0.15, 0.2) is 0 Å². The van der Waals surface area contributed by atoms with Crippen molar-refractivity contribution < 1.29 is 18.3 Å². The lowest BCUT2D eigenvalue weighted by Gasteiger charge is -2.24. The highest BCUT2D eigenvalue weighted by Crippen LogP contribution is 2.28. The number of hydrogen-bond acceptors (Lipinski definition) is 6. The van der Waals surface area contributed by atoms with Gasteiger partial charge in [-0.05, 0) is 43.0 Å². The summed E-state index contributed by atoms with van der Waals surface area (Å²) >= 11 is 7.03. The van der Waals surface area contributed by atoms with Gasteiger partial charge in [-0.3, -0.25) is 4.79 Å². The number of aliphatic hydroxyl groups is 1. The SMILES string of the molecule is CCc1cc(Cl)cc(CC)c1NC(=O)CC(C)(O)NS(=O)(=O)c1nccs1. The monoisotopic (exact) mass is 431 g/mol. The topological polar surface area (TPSA) is 108 Å². The zero-order valence-electron chi connectivity index (χ0n) is 15.2. The smallest absolute Gasteiger partial charge is 0.270 e. The van der Waals surface area contributed by atoms with Crippen LogP contribution >= 0.6 is 22.9 Å². The maximum atomic E-state index is 12.5. The molecule has 7 nitrogen and oxygen atoms in total. The van der Waals surface area contributed by atoms with E-state index in [2.05, 4.69) is 15.0 Å². The Morgan fingerprint density at radius 2 is 1.89 bits per heavy atom. The fourth-order valence-corrected chi connectivity index (χ4v) is 5.01. The number of nitrogens with one attached hydrogen (secondary N) is 2. The van der Waals surface area contributed by atoms with Crippen LogP contribution in [0.2, 0.25) is 5.02 Å². The van der Waals surface area contributed by atoms with E-state index in [1.54, 1.807) is 12.1 Å². The fourth-order valence-electron chi connectivity index (χ4n) is 2.65. The number of thiazole rings is 1. The molecular formula is C17H22ClN3O4S2. The Bertz CT molecular complexity index is 887. The quantitative estimate of drug-likeness (QED) is 0.557. The minimum absolute atomic E-state index is 0.178. The molecule has 0 saturated heterocycles. The Morgan fingerprint density at radius 1 is 1.30 bits per heavy atom. The molecule has 10 heteroatoms. The Kier molecular flexibility index (Phi) is 6.98. The standard InChI is InChI=1S/C17H22ClN3O4S2/c1-4-11-8-13(18)9-12(5-2)15(11)20-14(22)10-17(3,23)21-27(24,25)16-19-6-7-26-16/h6-9,21,23H,4-5,10H2,1-3H3,(H,20,22). The molecule has 2 aromatic rings. The number of rotatable bonds is 8. The Morgan fingerprint density at radius 3 is 2.37 bits per heavy atom. The lowest BCUT2D eigenvalue weighted by atomic mass is 10.0. The highest BCUT2D eigenvalue weighted by molar-refractivity contribution is 7.91. The molecule has 0 aliphatic heterocycles. The van der Waals surface area contributed by atoms with Crippen LogP contribution in [0.15, 0.2) is 28.0 Å². The molecule has 27 heavy (non-hydrogen) atoms.